The van der Waals surface area contributed by atoms with Crippen molar-refractivity contribution in [2.45, 2.75) is 13.2 Å². The summed E-state index contributed by atoms with van der Waals surface area (Å²) in [5.74, 6) is 0. The predicted octanol–water partition coefficient (Wildman–Crippen LogP) is 1.42. The van der Waals surface area contributed by atoms with Gasteiger partial charge in [0.15, 0.2) is 6.29 Å². The summed E-state index contributed by atoms with van der Waals surface area (Å²) in [7, 11) is 1.64. The first-order chi connectivity index (χ1) is 6.85. The molecule has 0 fully saturated rings. The Kier molecular flexibility index (Phi) is 11.7. The molecule has 0 saturated heterocycles. The molecule has 14 heavy (non-hydrogen) atoms. The van der Waals surface area contributed by atoms with Crippen molar-refractivity contribution in [3.05, 3.63) is 0 Å². The fraction of sp³-hybridized carbons (Fsp3) is 1.00. The summed E-state index contributed by atoms with van der Waals surface area (Å²) in [6.07, 6.45) is -0.283. The van der Waals surface area contributed by atoms with E-state index in [4.69, 9.17) is 18.9 Å². The Labute approximate surface area is 94.0 Å². The molecule has 0 aromatic carbocycles. The molecule has 0 aliphatic rings. The van der Waals surface area contributed by atoms with Crippen molar-refractivity contribution < 1.29 is 18.9 Å². The highest BCUT2D eigenvalue weighted by Crippen LogP contribution is 1.97. The molecule has 0 saturated carbocycles. The summed E-state index contributed by atoms with van der Waals surface area (Å²) < 4.78 is 20.9. The minimum atomic E-state index is -0.283. The van der Waals surface area contributed by atoms with Crippen molar-refractivity contribution >= 4 is 15.9 Å². The highest BCUT2D eigenvalue weighted by molar-refractivity contribution is 9.09. The Morgan fingerprint density at radius 1 is 1.14 bits per heavy atom. The minimum absolute atomic E-state index is 0.283. The number of hydrogen-bond acceptors (Lipinski definition) is 4. The minimum Gasteiger partial charge on any atom is -0.382 e. The van der Waals surface area contributed by atoms with Gasteiger partial charge in [-0.3, -0.25) is 0 Å². The maximum absolute atomic E-state index is 5.38. The van der Waals surface area contributed by atoms with Crippen LogP contribution in [0.5, 0.6) is 0 Å². The third kappa shape index (κ3) is 8.90. The molecule has 1 unspecified atom stereocenters. The number of halogens is 1. The molecule has 0 N–H and O–H groups in total. The quantitative estimate of drug-likeness (QED) is 0.342. The van der Waals surface area contributed by atoms with E-state index in [1.807, 2.05) is 6.92 Å². The molecular weight excluding hydrogens is 252 g/mol. The maximum atomic E-state index is 5.38. The van der Waals surface area contributed by atoms with E-state index in [2.05, 4.69) is 15.9 Å². The van der Waals surface area contributed by atoms with Crippen LogP contribution in [0.15, 0.2) is 0 Å². The number of methoxy groups -OCH3 is 1. The van der Waals surface area contributed by atoms with Gasteiger partial charge in [-0.1, -0.05) is 15.9 Å². The van der Waals surface area contributed by atoms with Crippen LogP contribution >= 0.6 is 15.9 Å². The molecule has 1 atom stereocenters. The normalized spacial score (nSPS) is 13.1. The topological polar surface area (TPSA) is 36.9 Å². The molecule has 0 aromatic heterocycles. The molecule has 0 spiro atoms. The van der Waals surface area contributed by atoms with Gasteiger partial charge in [-0.2, -0.15) is 0 Å². The van der Waals surface area contributed by atoms with E-state index in [1.54, 1.807) is 7.11 Å². The van der Waals surface area contributed by atoms with Crippen LogP contribution in [0, 0.1) is 0 Å². The molecule has 0 aliphatic heterocycles. The second-order valence-electron chi connectivity index (χ2n) is 2.51. The Morgan fingerprint density at radius 2 is 1.93 bits per heavy atom. The van der Waals surface area contributed by atoms with E-state index in [9.17, 15) is 0 Å². The van der Waals surface area contributed by atoms with Crippen LogP contribution in [0.25, 0.3) is 0 Å². The largest absolute Gasteiger partial charge is 0.382 e. The average molecular weight is 271 g/mol. The second-order valence-corrected chi connectivity index (χ2v) is 3.31. The van der Waals surface area contributed by atoms with Crippen LogP contribution in [0.4, 0.5) is 0 Å². The third-order valence-corrected chi connectivity index (χ3v) is 1.74. The number of alkyl halides is 1. The van der Waals surface area contributed by atoms with Crippen molar-refractivity contribution in [1.29, 1.82) is 0 Å². The van der Waals surface area contributed by atoms with Crippen molar-refractivity contribution in [3.63, 3.8) is 0 Å². The van der Waals surface area contributed by atoms with Gasteiger partial charge in [0.1, 0.15) is 0 Å². The van der Waals surface area contributed by atoms with E-state index in [-0.39, 0.29) is 6.29 Å². The van der Waals surface area contributed by atoms with Crippen LogP contribution in [-0.4, -0.2) is 51.8 Å². The van der Waals surface area contributed by atoms with Crippen LogP contribution < -0.4 is 0 Å². The standard InChI is InChI=1S/C9H19BrO4/c1-3-13-9(8-12-5-4-10)14-7-6-11-2/h9H,3-8H2,1-2H3. The SMILES string of the molecule is CCOC(COCCBr)OCCOC. The summed E-state index contributed by atoms with van der Waals surface area (Å²) in [5.41, 5.74) is 0. The molecule has 0 aliphatic carbocycles. The van der Waals surface area contributed by atoms with Crippen molar-refractivity contribution in [3.8, 4) is 0 Å². The molecular formula is C9H19BrO4. The van der Waals surface area contributed by atoms with Gasteiger partial charge in [0.25, 0.3) is 0 Å². The molecule has 0 aromatic rings. The fourth-order valence-electron chi connectivity index (χ4n) is 0.827. The van der Waals surface area contributed by atoms with Crippen LogP contribution in [-0.2, 0) is 18.9 Å². The fourth-order valence-corrected chi connectivity index (χ4v) is 1.06. The molecule has 0 bridgehead atoms. The zero-order valence-corrected chi connectivity index (χ0v) is 10.4. The monoisotopic (exact) mass is 270 g/mol. The summed E-state index contributed by atoms with van der Waals surface area (Å²) in [6.45, 7) is 4.77. The second kappa shape index (κ2) is 11.4. The van der Waals surface area contributed by atoms with Gasteiger partial charge in [0, 0.05) is 19.0 Å². The molecule has 5 heteroatoms. The van der Waals surface area contributed by atoms with E-state index < -0.39 is 0 Å². The summed E-state index contributed by atoms with van der Waals surface area (Å²) >= 11 is 3.28. The van der Waals surface area contributed by atoms with Crippen LogP contribution in [0.1, 0.15) is 6.92 Å². The van der Waals surface area contributed by atoms with E-state index >= 15 is 0 Å². The highest BCUT2D eigenvalue weighted by Gasteiger charge is 2.07. The van der Waals surface area contributed by atoms with Gasteiger partial charge in [-0.05, 0) is 6.92 Å². The van der Waals surface area contributed by atoms with Crippen LogP contribution in [0.3, 0.4) is 0 Å². The number of hydrogen-bond donors (Lipinski definition) is 0. The van der Waals surface area contributed by atoms with E-state index in [1.165, 1.54) is 0 Å². The van der Waals surface area contributed by atoms with Gasteiger partial charge < -0.3 is 18.9 Å². The molecule has 86 valence electrons. The first-order valence-corrected chi connectivity index (χ1v) is 5.83. The molecule has 0 rings (SSSR count). The molecule has 4 nitrogen and oxygen atoms in total. The summed E-state index contributed by atoms with van der Waals surface area (Å²) in [6, 6.07) is 0. The lowest BCUT2D eigenvalue weighted by molar-refractivity contribution is -0.173. The van der Waals surface area contributed by atoms with Gasteiger partial charge in [0.2, 0.25) is 0 Å². The average Bonchev–Trinajstić information content (AvgIpc) is 2.18. The zero-order valence-electron chi connectivity index (χ0n) is 8.83. The van der Waals surface area contributed by atoms with Crippen molar-refractivity contribution in [1.82, 2.24) is 0 Å². The predicted molar refractivity (Wildman–Crippen MR) is 57.9 cm³/mol. The van der Waals surface area contributed by atoms with Crippen molar-refractivity contribution in [2.75, 3.05) is 45.5 Å². The Bertz CT molecular complexity index is 103. The lowest BCUT2D eigenvalue weighted by Gasteiger charge is -2.17. The summed E-state index contributed by atoms with van der Waals surface area (Å²) in [5, 5.41) is 0.823. The third-order valence-electron chi connectivity index (χ3n) is 1.42. The zero-order chi connectivity index (χ0) is 10.6. The Balaban J connectivity index is 3.44. The first kappa shape index (κ1) is 14.3. The molecule has 0 amide bonds. The van der Waals surface area contributed by atoms with E-state index in [0.717, 1.165) is 5.33 Å². The van der Waals surface area contributed by atoms with Gasteiger partial charge in [0.05, 0.1) is 26.4 Å². The first-order valence-electron chi connectivity index (χ1n) is 4.71. The maximum Gasteiger partial charge on any atom is 0.180 e. The van der Waals surface area contributed by atoms with E-state index in [0.29, 0.717) is 33.0 Å². The smallest absolute Gasteiger partial charge is 0.180 e. The van der Waals surface area contributed by atoms with Crippen molar-refractivity contribution in [2.24, 2.45) is 0 Å². The molecule has 0 heterocycles. The van der Waals surface area contributed by atoms with Gasteiger partial charge >= 0.3 is 0 Å². The number of ether oxygens (including phenoxy) is 4. The lowest BCUT2D eigenvalue weighted by Crippen LogP contribution is -2.25. The Hall–Kier alpha value is 0.320. The van der Waals surface area contributed by atoms with Gasteiger partial charge in [-0.15, -0.1) is 0 Å². The number of rotatable bonds is 10. The highest BCUT2D eigenvalue weighted by atomic mass is 79.9. The lowest BCUT2D eigenvalue weighted by atomic mass is 10.6. The Morgan fingerprint density at radius 3 is 2.50 bits per heavy atom. The molecule has 0 radical (unpaired) electrons. The van der Waals surface area contributed by atoms with Gasteiger partial charge in [-0.25, -0.2) is 0 Å². The summed E-state index contributed by atoms with van der Waals surface area (Å²) in [4.78, 5) is 0. The van der Waals surface area contributed by atoms with Crippen LogP contribution in [0.2, 0.25) is 0 Å².